The molecule has 0 aliphatic carbocycles. The van der Waals surface area contributed by atoms with Crippen LogP contribution >= 0.6 is 0 Å². The Hall–Kier alpha value is -1.07. The Labute approximate surface area is 109 Å². The fourth-order valence-electron chi connectivity index (χ4n) is 2.14. The van der Waals surface area contributed by atoms with Crippen molar-refractivity contribution in [2.24, 2.45) is 0 Å². The molecule has 5 heteroatoms. The van der Waals surface area contributed by atoms with Gasteiger partial charge in [-0.05, 0) is 43.5 Å². The zero-order valence-corrected chi connectivity index (χ0v) is 11.5. The number of hydrogen-bond donors (Lipinski definition) is 2. The maximum absolute atomic E-state index is 12.2. The second kappa shape index (κ2) is 5.71. The molecule has 0 spiro atoms. The molecule has 1 fully saturated rings. The molecule has 2 rings (SSSR count). The Kier molecular flexibility index (Phi) is 4.24. The first-order chi connectivity index (χ1) is 8.62. The van der Waals surface area contributed by atoms with Crippen molar-refractivity contribution < 1.29 is 8.42 Å². The number of hydrogen-bond acceptors (Lipinski definition) is 3. The van der Waals surface area contributed by atoms with Gasteiger partial charge in [0, 0.05) is 12.2 Å². The Bertz CT molecular complexity index is 476. The molecule has 1 aromatic carbocycles. The van der Waals surface area contributed by atoms with Crippen LogP contribution in [0, 0.1) is 0 Å². The summed E-state index contributed by atoms with van der Waals surface area (Å²) >= 11 is 0. The van der Waals surface area contributed by atoms with Crippen LogP contribution in [0.3, 0.4) is 0 Å². The van der Waals surface area contributed by atoms with E-state index in [-0.39, 0.29) is 5.25 Å². The molecule has 2 N–H and O–H groups in total. The standard InChI is InChI=1S/C13H20N2O2S/c1-2-11-5-7-12(8-6-11)15-18(16,17)13-4-3-9-14-10-13/h5-8,13-15H,2-4,9-10H2,1H3. The molecule has 1 saturated heterocycles. The van der Waals surface area contributed by atoms with Crippen molar-refractivity contribution in [1.29, 1.82) is 0 Å². The highest BCUT2D eigenvalue weighted by molar-refractivity contribution is 7.93. The Balaban J connectivity index is 2.06. The molecule has 18 heavy (non-hydrogen) atoms. The number of nitrogens with one attached hydrogen (secondary N) is 2. The van der Waals surface area contributed by atoms with Gasteiger partial charge in [0.15, 0.2) is 0 Å². The van der Waals surface area contributed by atoms with E-state index in [9.17, 15) is 8.42 Å². The van der Waals surface area contributed by atoms with Gasteiger partial charge in [0.2, 0.25) is 10.0 Å². The van der Waals surface area contributed by atoms with Crippen LogP contribution in [0.15, 0.2) is 24.3 Å². The van der Waals surface area contributed by atoms with Crippen molar-refractivity contribution >= 4 is 15.7 Å². The van der Waals surface area contributed by atoms with E-state index < -0.39 is 10.0 Å². The summed E-state index contributed by atoms with van der Waals surface area (Å²) in [4.78, 5) is 0. The fraction of sp³-hybridized carbons (Fsp3) is 0.538. The molecule has 0 radical (unpaired) electrons. The zero-order valence-electron chi connectivity index (χ0n) is 10.6. The Morgan fingerprint density at radius 3 is 2.61 bits per heavy atom. The largest absolute Gasteiger partial charge is 0.315 e. The number of aryl methyl sites for hydroxylation is 1. The van der Waals surface area contributed by atoms with Crippen LogP contribution < -0.4 is 10.0 Å². The van der Waals surface area contributed by atoms with E-state index in [0.717, 1.165) is 25.8 Å². The molecule has 1 heterocycles. The van der Waals surface area contributed by atoms with E-state index in [1.54, 1.807) is 0 Å². The SMILES string of the molecule is CCc1ccc(NS(=O)(=O)C2CCCNC2)cc1. The summed E-state index contributed by atoms with van der Waals surface area (Å²) in [6.07, 6.45) is 2.61. The van der Waals surface area contributed by atoms with E-state index in [1.807, 2.05) is 24.3 Å². The Morgan fingerprint density at radius 2 is 2.06 bits per heavy atom. The van der Waals surface area contributed by atoms with Crippen LogP contribution in [0.25, 0.3) is 0 Å². The van der Waals surface area contributed by atoms with Gasteiger partial charge in [-0.15, -0.1) is 0 Å². The first-order valence-electron chi connectivity index (χ1n) is 6.43. The van der Waals surface area contributed by atoms with Gasteiger partial charge < -0.3 is 5.32 Å². The van der Waals surface area contributed by atoms with Crippen LogP contribution in [0.2, 0.25) is 0 Å². The highest BCUT2D eigenvalue weighted by Gasteiger charge is 2.26. The van der Waals surface area contributed by atoms with Crippen LogP contribution in [-0.4, -0.2) is 26.8 Å². The minimum Gasteiger partial charge on any atom is -0.315 e. The molecule has 0 bridgehead atoms. The van der Waals surface area contributed by atoms with Gasteiger partial charge in [0.25, 0.3) is 0 Å². The Morgan fingerprint density at radius 1 is 1.33 bits per heavy atom. The highest BCUT2D eigenvalue weighted by atomic mass is 32.2. The number of piperidine rings is 1. The number of sulfonamides is 1. The lowest BCUT2D eigenvalue weighted by Crippen LogP contribution is -2.41. The van der Waals surface area contributed by atoms with Crippen LogP contribution in [-0.2, 0) is 16.4 Å². The van der Waals surface area contributed by atoms with Crippen LogP contribution in [0.5, 0.6) is 0 Å². The predicted molar refractivity (Wildman–Crippen MR) is 74.3 cm³/mol. The maximum atomic E-state index is 12.2. The third-order valence-corrected chi connectivity index (χ3v) is 5.11. The summed E-state index contributed by atoms with van der Waals surface area (Å²) in [5.41, 5.74) is 1.86. The second-order valence-electron chi connectivity index (χ2n) is 4.67. The average Bonchev–Trinajstić information content (AvgIpc) is 2.40. The third kappa shape index (κ3) is 3.23. The predicted octanol–water partition coefficient (Wildman–Crippen LogP) is 1.74. The molecule has 1 aliphatic heterocycles. The average molecular weight is 268 g/mol. The summed E-state index contributed by atoms with van der Waals surface area (Å²) in [6.45, 7) is 3.53. The molecule has 1 unspecified atom stereocenters. The first-order valence-corrected chi connectivity index (χ1v) is 7.98. The fourth-order valence-corrected chi connectivity index (χ4v) is 3.59. The molecular weight excluding hydrogens is 248 g/mol. The van der Waals surface area contributed by atoms with Gasteiger partial charge >= 0.3 is 0 Å². The first kappa shape index (κ1) is 13.4. The second-order valence-corrected chi connectivity index (χ2v) is 6.63. The van der Waals surface area contributed by atoms with E-state index >= 15 is 0 Å². The number of rotatable bonds is 4. The molecule has 0 amide bonds. The number of benzene rings is 1. The maximum Gasteiger partial charge on any atom is 0.236 e. The highest BCUT2D eigenvalue weighted by Crippen LogP contribution is 2.17. The molecular formula is C13H20N2O2S. The summed E-state index contributed by atoms with van der Waals surface area (Å²) in [5, 5.41) is 2.80. The topological polar surface area (TPSA) is 58.2 Å². The molecule has 4 nitrogen and oxygen atoms in total. The van der Waals surface area contributed by atoms with E-state index in [2.05, 4.69) is 17.0 Å². The molecule has 100 valence electrons. The summed E-state index contributed by atoms with van der Waals surface area (Å²) in [7, 11) is -3.27. The van der Waals surface area contributed by atoms with Crippen molar-refractivity contribution in [2.75, 3.05) is 17.8 Å². The van der Waals surface area contributed by atoms with Crippen LogP contribution in [0.1, 0.15) is 25.3 Å². The van der Waals surface area contributed by atoms with Crippen molar-refractivity contribution in [2.45, 2.75) is 31.4 Å². The molecule has 1 aliphatic rings. The van der Waals surface area contributed by atoms with Crippen molar-refractivity contribution in [3.63, 3.8) is 0 Å². The minimum atomic E-state index is -3.27. The summed E-state index contributed by atoms with van der Waals surface area (Å²) in [6, 6.07) is 7.56. The zero-order chi connectivity index (χ0) is 13.0. The lowest BCUT2D eigenvalue weighted by atomic mass is 10.2. The quantitative estimate of drug-likeness (QED) is 0.874. The molecule has 0 aromatic heterocycles. The van der Waals surface area contributed by atoms with Crippen molar-refractivity contribution in [1.82, 2.24) is 5.32 Å². The van der Waals surface area contributed by atoms with E-state index in [1.165, 1.54) is 5.56 Å². The summed E-state index contributed by atoms with van der Waals surface area (Å²) < 4.78 is 27.0. The van der Waals surface area contributed by atoms with Crippen LogP contribution in [0.4, 0.5) is 5.69 Å². The molecule has 1 aromatic rings. The third-order valence-electron chi connectivity index (χ3n) is 3.31. The lowest BCUT2D eigenvalue weighted by Gasteiger charge is -2.23. The van der Waals surface area contributed by atoms with Gasteiger partial charge in [-0.2, -0.15) is 0 Å². The van der Waals surface area contributed by atoms with E-state index in [4.69, 9.17) is 0 Å². The van der Waals surface area contributed by atoms with Crippen molar-refractivity contribution in [3.05, 3.63) is 29.8 Å². The molecule has 1 atom stereocenters. The molecule has 0 saturated carbocycles. The van der Waals surface area contributed by atoms with Gasteiger partial charge in [-0.25, -0.2) is 8.42 Å². The van der Waals surface area contributed by atoms with Gasteiger partial charge in [-0.1, -0.05) is 19.1 Å². The number of anilines is 1. The smallest absolute Gasteiger partial charge is 0.236 e. The minimum absolute atomic E-state index is 0.322. The summed E-state index contributed by atoms with van der Waals surface area (Å²) in [5.74, 6) is 0. The van der Waals surface area contributed by atoms with Crippen molar-refractivity contribution in [3.8, 4) is 0 Å². The lowest BCUT2D eigenvalue weighted by molar-refractivity contribution is 0.499. The normalized spacial score (nSPS) is 20.6. The van der Waals surface area contributed by atoms with Gasteiger partial charge in [-0.3, -0.25) is 4.72 Å². The van der Waals surface area contributed by atoms with E-state index in [0.29, 0.717) is 12.2 Å². The van der Waals surface area contributed by atoms with Gasteiger partial charge in [0.1, 0.15) is 0 Å². The van der Waals surface area contributed by atoms with Gasteiger partial charge in [0.05, 0.1) is 5.25 Å². The monoisotopic (exact) mass is 268 g/mol.